The van der Waals surface area contributed by atoms with Crippen LogP contribution in [-0.2, 0) is 22.3 Å². The summed E-state index contributed by atoms with van der Waals surface area (Å²) >= 11 is 0. The van der Waals surface area contributed by atoms with Gasteiger partial charge >= 0.3 is 12.2 Å². The molecule has 0 aliphatic carbocycles. The van der Waals surface area contributed by atoms with Crippen molar-refractivity contribution in [3.05, 3.63) is 65.5 Å². The van der Waals surface area contributed by atoms with Crippen LogP contribution in [0.15, 0.2) is 48.5 Å². The van der Waals surface area contributed by atoms with E-state index < -0.39 is 41.4 Å². The number of ether oxygens (including phenoxy) is 1. The second-order valence-corrected chi connectivity index (χ2v) is 8.45. The molecule has 1 aromatic heterocycles. The van der Waals surface area contributed by atoms with E-state index >= 15 is 0 Å². The third-order valence-corrected chi connectivity index (χ3v) is 6.21. The van der Waals surface area contributed by atoms with E-state index in [1.165, 1.54) is 18.2 Å². The lowest BCUT2D eigenvalue weighted by Gasteiger charge is -2.38. The predicted molar refractivity (Wildman–Crippen MR) is 116 cm³/mol. The third-order valence-electron chi connectivity index (χ3n) is 6.21. The molecule has 2 fully saturated rings. The minimum atomic E-state index is -4.62. The second kappa shape index (κ2) is 8.38. The number of aromatic nitrogens is 2. The highest BCUT2D eigenvalue weighted by Gasteiger charge is 2.54. The Bertz CT molecular complexity index is 1320. The third kappa shape index (κ3) is 4.09. The summed E-state index contributed by atoms with van der Waals surface area (Å²) in [5, 5.41) is 7.50. The number of imidazole rings is 1. The van der Waals surface area contributed by atoms with E-state index in [2.05, 4.69) is 20.9 Å². The number of para-hydroxylation sites is 2. The number of fused-ring (bicyclic) bond motifs is 1. The first-order valence-electron chi connectivity index (χ1n) is 10.8. The van der Waals surface area contributed by atoms with Crippen molar-refractivity contribution in [3.63, 3.8) is 0 Å². The van der Waals surface area contributed by atoms with Crippen LogP contribution in [-0.4, -0.2) is 52.2 Å². The molecule has 35 heavy (non-hydrogen) atoms. The first-order valence-corrected chi connectivity index (χ1v) is 10.8. The Labute approximate surface area is 196 Å². The Morgan fingerprint density at radius 1 is 1.17 bits per heavy atom. The molecule has 2 aromatic carbocycles. The molecule has 0 saturated carbocycles. The van der Waals surface area contributed by atoms with Crippen molar-refractivity contribution in [2.75, 3.05) is 13.2 Å². The first kappa shape index (κ1) is 22.8. The summed E-state index contributed by atoms with van der Waals surface area (Å²) < 4.78 is 47.1. The predicted octanol–water partition coefficient (Wildman–Crippen LogP) is 2.20. The van der Waals surface area contributed by atoms with Gasteiger partial charge in [-0.1, -0.05) is 24.3 Å². The average Bonchev–Trinajstić information content (AvgIpc) is 3.33. The monoisotopic (exact) mass is 487 g/mol. The molecule has 3 heterocycles. The molecule has 2 saturated heterocycles. The lowest BCUT2D eigenvalue weighted by molar-refractivity contribution is -0.146. The van der Waals surface area contributed by atoms with Gasteiger partial charge in [-0.2, -0.15) is 13.2 Å². The maximum Gasteiger partial charge on any atom is 0.449 e. The van der Waals surface area contributed by atoms with Crippen LogP contribution in [0.25, 0.3) is 11.0 Å². The molecule has 12 heteroatoms. The molecule has 3 N–H and O–H groups in total. The summed E-state index contributed by atoms with van der Waals surface area (Å²) in [4.78, 5) is 40.6. The number of halogens is 3. The van der Waals surface area contributed by atoms with Crippen molar-refractivity contribution in [3.8, 4) is 0 Å². The van der Waals surface area contributed by atoms with E-state index in [0.717, 1.165) is 4.57 Å². The van der Waals surface area contributed by atoms with Gasteiger partial charge in [0.15, 0.2) is 5.54 Å². The number of imide groups is 1. The van der Waals surface area contributed by atoms with Crippen molar-refractivity contribution in [1.29, 1.82) is 0 Å². The van der Waals surface area contributed by atoms with Gasteiger partial charge < -0.3 is 19.9 Å². The van der Waals surface area contributed by atoms with E-state index in [0.29, 0.717) is 24.1 Å². The lowest BCUT2D eigenvalue weighted by atomic mass is 9.86. The van der Waals surface area contributed by atoms with Gasteiger partial charge in [0.1, 0.15) is 0 Å². The summed E-state index contributed by atoms with van der Waals surface area (Å²) in [6, 6.07) is 11.1. The first-order chi connectivity index (χ1) is 16.7. The molecule has 2 unspecified atom stereocenters. The molecule has 2 aliphatic heterocycles. The van der Waals surface area contributed by atoms with Gasteiger partial charge in [-0.05, 0) is 36.2 Å². The van der Waals surface area contributed by atoms with Gasteiger partial charge in [-0.25, -0.2) is 9.78 Å². The number of hydrogen-bond donors (Lipinski definition) is 3. The number of nitrogens with one attached hydrogen (secondary N) is 3. The Morgan fingerprint density at radius 3 is 2.60 bits per heavy atom. The number of hydrogen-bond acceptors (Lipinski definition) is 5. The second-order valence-electron chi connectivity index (χ2n) is 8.45. The molecule has 2 aliphatic rings. The van der Waals surface area contributed by atoms with Gasteiger partial charge in [0.2, 0.25) is 5.82 Å². The molecule has 1 spiro atoms. The highest BCUT2D eigenvalue weighted by molar-refractivity contribution is 6.08. The van der Waals surface area contributed by atoms with Gasteiger partial charge in [-0.3, -0.25) is 14.9 Å². The molecule has 3 aromatic rings. The SMILES string of the molecule is O=C1NC(=O)C2(COCCC2NC(=O)c2ccc(Cn3c(C(F)(F)F)nc4ccccc43)cc2)N1. The summed E-state index contributed by atoms with van der Waals surface area (Å²) in [7, 11) is 0. The zero-order valence-electron chi connectivity index (χ0n) is 18.2. The normalized spacial score (nSPS) is 22.3. The summed E-state index contributed by atoms with van der Waals surface area (Å²) in [6.45, 7) is 0.135. The summed E-state index contributed by atoms with van der Waals surface area (Å²) in [5.74, 6) is -2.06. The minimum Gasteiger partial charge on any atom is -0.378 e. The maximum atomic E-state index is 13.6. The van der Waals surface area contributed by atoms with Crippen LogP contribution in [0, 0.1) is 0 Å². The molecule has 0 bridgehead atoms. The highest BCUT2D eigenvalue weighted by atomic mass is 19.4. The number of rotatable bonds is 4. The van der Waals surface area contributed by atoms with E-state index in [4.69, 9.17) is 4.74 Å². The number of carbonyl (C=O) groups excluding carboxylic acids is 3. The van der Waals surface area contributed by atoms with Gasteiger partial charge in [0, 0.05) is 18.7 Å². The summed E-state index contributed by atoms with van der Waals surface area (Å²) in [5.41, 5.74) is 0.000873. The van der Waals surface area contributed by atoms with E-state index in [1.807, 2.05) is 0 Å². The number of alkyl halides is 3. The smallest absolute Gasteiger partial charge is 0.378 e. The van der Waals surface area contributed by atoms with Crippen LogP contribution in [0.1, 0.15) is 28.2 Å². The van der Waals surface area contributed by atoms with Crippen LogP contribution in [0.4, 0.5) is 18.0 Å². The number of nitrogens with zero attached hydrogens (tertiary/aromatic N) is 2. The number of amides is 4. The van der Waals surface area contributed by atoms with E-state index in [-0.39, 0.29) is 24.2 Å². The van der Waals surface area contributed by atoms with Crippen LogP contribution >= 0.6 is 0 Å². The fraction of sp³-hybridized carbons (Fsp3) is 0.304. The fourth-order valence-electron chi connectivity index (χ4n) is 4.47. The Hall–Kier alpha value is -3.93. The standard InChI is InChI=1S/C23H20F3N5O4/c24-23(25,26)19-27-15-3-1-2-4-16(15)31(19)11-13-5-7-14(8-6-13)18(32)28-17-9-10-35-12-22(17)20(33)29-21(34)30-22/h1-8,17H,9-12H2,(H,28,32)(H2,29,30,33,34). The van der Waals surface area contributed by atoms with Crippen molar-refractivity contribution in [2.45, 2.75) is 30.7 Å². The topological polar surface area (TPSA) is 114 Å². The molecule has 5 rings (SSSR count). The highest BCUT2D eigenvalue weighted by Crippen LogP contribution is 2.32. The van der Waals surface area contributed by atoms with Gasteiger partial charge in [0.05, 0.1) is 23.7 Å². The minimum absolute atomic E-state index is 0.0745. The zero-order valence-corrected chi connectivity index (χ0v) is 18.2. The molecule has 4 amide bonds. The van der Waals surface area contributed by atoms with Crippen molar-refractivity contribution < 1.29 is 32.3 Å². The molecular weight excluding hydrogens is 467 g/mol. The van der Waals surface area contributed by atoms with Crippen molar-refractivity contribution >= 4 is 28.9 Å². The largest absolute Gasteiger partial charge is 0.449 e. The van der Waals surface area contributed by atoms with Crippen molar-refractivity contribution in [2.24, 2.45) is 0 Å². The number of urea groups is 1. The van der Waals surface area contributed by atoms with Gasteiger partial charge in [-0.15, -0.1) is 0 Å². The quantitative estimate of drug-likeness (QED) is 0.489. The van der Waals surface area contributed by atoms with Crippen LogP contribution in [0.3, 0.4) is 0 Å². The lowest BCUT2D eigenvalue weighted by Crippen LogP contribution is -2.67. The van der Waals surface area contributed by atoms with Crippen LogP contribution in [0.2, 0.25) is 0 Å². The Balaban J connectivity index is 1.35. The van der Waals surface area contributed by atoms with E-state index in [9.17, 15) is 27.6 Å². The molecule has 9 nitrogen and oxygen atoms in total. The average molecular weight is 487 g/mol. The van der Waals surface area contributed by atoms with Crippen molar-refractivity contribution in [1.82, 2.24) is 25.5 Å². The maximum absolute atomic E-state index is 13.6. The summed E-state index contributed by atoms with van der Waals surface area (Å²) in [6.07, 6.45) is -4.31. The molecule has 182 valence electrons. The number of carbonyl (C=O) groups is 3. The molecular formula is C23H20F3N5O4. The number of benzene rings is 2. The fourth-order valence-corrected chi connectivity index (χ4v) is 4.47. The van der Waals surface area contributed by atoms with Gasteiger partial charge in [0.25, 0.3) is 11.8 Å². The zero-order chi connectivity index (χ0) is 24.8. The Kier molecular flexibility index (Phi) is 5.47. The molecule has 2 atom stereocenters. The van der Waals surface area contributed by atoms with Crippen LogP contribution < -0.4 is 16.0 Å². The van der Waals surface area contributed by atoms with E-state index in [1.54, 1.807) is 30.3 Å². The molecule has 0 radical (unpaired) electrons. The Morgan fingerprint density at radius 2 is 1.91 bits per heavy atom. The van der Waals surface area contributed by atoms with Crippen LogP contribution in [0.5, 0.6) is 0 Å².